The number of likely N-dealkylation sites (tertiary alicyclic amines) is 1. The maximum Gasteiger partial charge on any atom is 0.416 e. The maximum absolute atomic E-state index is 13.1. The highest BCUT2D eigenvalue weighted by molar-refractivity contribution is 7.99. The van der Waals surface area contributed by atoms with Crippen LogP contribution in [-0.2, 0) is 23.5 Å². The van der Waals surface area contributed by atoms with Crippen molar-refractivity contribution in [3.05, 3.63) is 64.7 Å². The van der Waals surface area contributed by atoms with Crippen molar-refractivity contribution >= 4 is 11.8 Å². The van der Waals surface area contributed by atoms with Crippen LogP contribution in [0.5, 0.6) is 0 Å². The quantitative estimate of drug-likeness (QED) is 0.311. The Morgan fingerprint density at radius 1 is 0.909 bits per heavy atom. The summed E-state index contributed by atoms with van der Waals surface area (Å²) in [6.07, 6.45) is -8.04. The van der Waals surface area contributed by atoms with Crippen molar-refractivity contribution in [1.82, 2.24) is 4.90 Å². The molecule has 0 aliphatic carbocycles. The Balaban J connectivity index is 1.59. The van der Waals surface area contributed by atoms with E-state index in [2.05, 4.69) is 29.2 Å². The zero-order valence-corrected chi connectivity index (χ0v) is 19.3. The molecule has 3 rings (SSSR count). The molecule has 9 heteroatoms. The summed E-state index contributed by atoms with van der Waals surface area (Å²) in [6, 6.07) is 10.1. The lowest BCUT2D eigenvalue weighted by molar-refractivity contribution is -0.143. The Morgan fingerprint density at radius 2 is 1.45 bits per heavy atom. The molecule has 2 aromatic rings. The normalized spacial score (nSPS) is 17.3. The van der Waals surface area contributed by atoms with E-state index in [1.165, 1.54) is 5.56 Å². The Bertz CT molecular complexity index is 886. The van der Waals surface area contributed by atoms with Gasteiger partial charge in [0.2, 0.25) is 0 Å². The van der Waals surface area contributed by atoms with Gasteiger partial charge in [0.05, 0.1) is 16.7 Å². The number of nitrogens with zero attached hydrogens (tertiary/aromatic N) is 1. The molecule has 0 spiro atoms. The van der Waals surface area contributed by atoms with Crippen LogP contribution in [0.4, 0.5) is 26.3 Å². The molecule has 1 heterocycles. The first kappa shape index (κ1) is 25.9. The standard InChI is InChI=1S/C24H27F6NOS/c1-17-3-5-21(6-4-17)33-16-22(32-2)8-11-31(12-9-22)10-7-18-13-19(23(25,26)27)15-20(14-18)24(28,29)30/h3-6,13-15H,7-12,16H2,1-2H3. The number of ether oxygens (including phenoxy) is 1. The second-order valence-electron chi connectivity index (χ2n) is 8.49. The molecule has 33 heavy (non-hydrogen) atoms. The minimum Gasteiger partial charge on any atom is -0.377 e. The van der Waals surface area contributed by atoms with Crippen molar-refractivity contribution in [2.75, 3.05) is 32.5 Å². The van der Waals surface area contributed by atoms with E-state index in [9.17, 15) is 26.3 Å². The van der Waals surface area contributed by atoms with Gasteiger partial charge in [-0.1, -0.05) is 17.7 Å². The number of piperidine rings is 1. The summed E-state index contributed by atoms with van der Waals surface area (Å²) >= 11 is 1.72. The van der Waals surface area contributed by atoms with Crippen LogP contribution < -0.4 is 0 Å². The van der Waals surface area contributed by atoms with E-state index in [0.717, 1.165) is 35.6 Å². The zero-order valence-electron chi connectivity index (χ0n) is 18.5. The van der Waals surface area contributed by atoms with Crippen molar-refractivity contribution < 1.29 is 31.1 Å². The SMILES string of the molecule is COC1(CSc2ccc(C)cc2)CCN(CCc2cc(C(F)(F)F)cc(C(F)(F)F)c2)CC1. The molecule has 1 saturated heterocycles. The molecule has 1 aliphatic heterocycles. The van der Waals surface area contributed by atoms with Gasteiger partial charge in [0, 0.05) is 37.4 Å². The van der Waals surface area contributed by atoms with Crippen molar-refractivity contribution in [3.8, 4) is 0 Å². The van der Waals surface area contributed by atoms with Gasteiger partial charge in [-0.15, -0.1) is 11.8 Å². The molecule has 0 saturated carbocycles. The highest BCUT2D eigenvalue weighted by Gasteiger charge is 2.37. The lowest BCUT2D eigenvalue weighted by Gasteiger charge is -2.40. The predicted molar refractivity (Wildman–Crippen MR) is 117 cm³/mol. The van der Waals surface area contributed by atoms with Gasteiger partial charge in [0.15, 0.2) is 0 Å². The highest BCUT2D eigenvalue weighted by atomic mass is 32.2. The molecule has 2 nitrogen and oxygen atoms in total. The number of hydrogen-bond donors (Lipinski definition) is 0. The van der Waals surface area contributed by atoms with E-state index in [-0.39, 0.29) is 23.7 Å². The van der Waals surface area contributed by atoms with Gasteiger partial charge in [-0.05, 0) is 62.1 Å². The van der Waals surface area contributed by atoms with Crippen LogP contribution in [0.1, 0.15) is 35.1 Å². The second kappa shape index (κ2) is 10.3. The van der Waals surface area contributed by atoms with Crippen LogP contribution in [0.15, 0.2) is 47.4 Å². The van der Waals surface area contributed by atoms with E-state index in [1.54, 1.807) is 18.9 Å². The summed E-state index contributed by atoms with van der Waals surface area (Å²) in [7, 11) is 1.69. The van der Waals surface area contributed by atoms with Crippen LogP contribution >= 0.6 is 11.8 Å². The summed E-state index contributed by atoms with van der Waals surface area (Å²) in [4.78, 5) is 3.23. The van der Waals surface area contributed by atoms with Gasteiger partial charge in [0.1, 0.15) is 0 Å². The van der Waals surface area contributed by atoms with Crippen molar-refractivity contribution in [2.24, 2.45) is 0 Å². The molecular formula is C24H27F6NOS. The number of alkyl halides is 6. The molecule has 0 bridgehead atoms. The fourth-order valence-electron chi connectivity index (χ4n) is 3.89. The Hall–Kier alpha value is -1.71. The molecular weight excluding hydrogens is 464 g/mol. The van der Waals surface area contributed by atoms with Gasteiger partial charge in [-0.2, -0.15) is 26.3 Å². The number of benzene rings is 2. The molecule has 0 N–H and O–H groups in total. The molecule has 0 radical (unpaired) electrons. The predicted octanol–water partition coefficient (Wildman–Crippen LogP) is 6.85. The molecule has 1 aliphatic rings. The average molecular weight is 492 g/mol. The summed E-state index contributed by atoms with van der Waals surface area (Å²) in [5.41, 5.74) is -1.60. The fraction of sp³-hybridized carbons (Fsp3) is 0.500. The molecule has 0 amide bonds. The van der Waals surface area contributed by atoms with E-state index in [0.29, 0.717) is 19.6 Å². The van der Waals surface area contributed by atoms with Crippen LogP contribution in [0.25, 0.3) is 0 Å². The van der Waals surface area contributed by atoms with Gasteiger partial charge >= 0.3 is 12.4 Å². The molecule has 2 aromatic carbocycles. The average Bonchev–Trinajstić information content (AvgIpc) is 2.77. The van der Waals surface area contributed by atoms with Crippen molar-refractivity contribution in [2.45, 2.75) is 49.0 Å². The fourth-order valence-corrected chi connectivity index (χ4v) is 5.06. The Labute approximate surface area is 194 Å². The van der Waals surface area contributed by atoms with E-state index in [1.807, 2.05) is 6.92 Å². The molecule has 0 unspecified atom stereocenters. The second-order valence-corrected chi connectivity index (χ2v) is 9.54. The first-order valence-corrected chi connectivity index (χ1v) is 11.6. The number of halogens is 6. The first-order valence-electron chi connectivity index (χ1n) is 10.7. The largest absolute Gasteiger partial charge is 0.416 e. The third-order valence-corrected chi connectivity index (χ3v) is 7.36. The monoisotopic (exact) mass is 491 g/mol. The lowest BCUT2D eigenvalue weighted by Crippen LogP contribution is -2.47. The van der Waals surface area contributed by atoms with Crippen LogP contribution in [0.2, 0.25) is 0 Å². The van der Waals surface area contributed by atoms with Crippen LogP contribution in [0.3, 0.4) is 0 Å². The number of thioether (sulfide) groups is 1. The summed E-state index contributed by atoms with van der Waals surface area (Å²) in [5, 5.41) is 0. The van der Waals surface area contributed by atoms with Crippen molar-refractivity contribution in [1.29, 1.82) is 0 Å². The first-order chi connectivity index (χ1) is 15.4. The third kappa shape index (κ3) is 7.13. The minimum absolute atomic E-state index is 0.0376. The summed E-state index contributed by atoms with van der Waals surface area (Å²) < 4.78 is 84.3. The number of rotatable bonds is 7. The van der Waals surface area contributed by atoms with Crippen molar-refractivity contribution in [3.63, 3.8) is 0 Å². The summed E-state index contributed by atoms with van der Waals surface area (Å²) in [6.45, 7) is 3.77. The van der Waals surface area contributed by atoms with E-state index < -0.39 is 23.5 Å². The number of hydrogen-bond acceptors (Lipinski definition) is 3. The topological polar surface area (TPSA) is 12.5 Å². The molecule has 182 valence electrons. The number of methoxy groups -OCH3 is 1. The number of aryl methyl sites for hydroxylation is 1. The van der Waals surface area contributed by atoms with Gasteiger partial charge in [-0.25, -0.2) is 0 Å². The van der Waals surface area contributed by atoms with Gasteiger partial charge < -0.3 is 9.64 Å². The molecule has 0 aromatic heterocycles. The van der Waals surface area contributed by atoms with Crippen LogP contribution in [0, 0.1) is 6.92 Å². The minimum atomic E-state index is -4.83. The third-order valence-electron chi connectivity index (χ3n) is 6.09. The van der Waals surface area contributed by atoms with E-state index >= 15 is 0 Å². The zero-order chi connectivity index (χ0) is 24.3. The highest BCUT2D eigenvalue weighted by Crippen LogP contribution is 2.37. The Kier molecular flexibility index (Phi) is 8.07. The summed E-state index contributed by atoms with van der Waals surface area (Å²) in [5.74, 6) is 0.781. The van der Waals surface area contributed by atoms with Gasteiger partial charge in [-0.3, -0.25) is 0 Å². The maximum atomic E-state index is 13.1. The molecule has 1 fully saturated rings. The van der Waals surface area contributed by atoms with Gasteiger partial charge in [0.25, 0.3) is 0 Å². The molecule has 0 atom stereocenters. The van der Waals surface area contributed by atoms with E-state index in [4.69, 9.17) is 4.74 Å². The Morgan fingerprint density at radius 3 is 1.94 bits per heavy atom. The lowest BCUT2D eigenvalue weighted by atomic mass is 9.92. The smallest absolute Gasteiger partial charge is 0.377 e. The van der Waals surface area contributed by atoms with Crippen LogP contribution in [-0.4, -0.2) is 43.0 Å².